The van der Waals surface area contributed by atoms with Gasteiger partial charge in [-0.2, -0.15) is 0 Å². The number of Topliss-reactive ketones (excluding diaryl/α,β-unsaturated/α-hetero) is 1. The molecule has 7 fully saturated rings. The zero-order chi connectivity index (χ0) is 39.9. The van der Waals surface area contributed by atoms with E-state index in [9.17, 15) is 15.0 Å². The summed E-state index contributed by atoms with van der Waals surface area (Å²) in [5, 5.41) is 21.3. The zero-order valence-electron chi connectivity index (χ0n) is 34.6. The number of hydrogen-bond acceptors (Lipinski definition) is 14. The van der Waals surface area contributed by atoms with Gasteiger partial charge in [0.25, 0.3) is 0 Å². The number of methoxy groups -OCH3 is 3. The van der Waals surface area contributed by atoms with Crippen molar-refractivity contribution < 1.29 is 67.1 Å². The van der Waals surface area contributed by atoms with E-state index in [1.807, 2.05) is 13.8 Å². The van der Waals surface area contributed by atoms with Gasteiger partial charge in [0.2, 0.25) is 0 Å². The molecule has 0 aromatic heterocycles. The van der Waals surface area contributed by atoms with Crippen LogP contribution in [0.3, 0.4) is 0 Å². The van der Waals surface area contributed by atoms with Gasteiger partial charge < -0.3 is 62.3 Å². The SMILES string of the molecule is CO[C@@H]1[C@@H](O)[C@H](O[C@@H]2[C@@H](C)O[C@@H](O[C@H]3[C@@H](OC)C[C@H](O[C@H]4CC[C@@]5(C)C(=CC[C@@]67O[C@@H](C)[C@@H]8CCC(=O)[C@]8(C)[C@@H](C[C@@H]65)O7)C4)O[C@@H]3C)C[C@H]2OC)O[C@H](C)[C@H]1O. The third-order valence-corrected chi connectivity index (χ3v) is 15.4. The second kappa shape index (κ2) is 15.7. The standard InChI is InChI=1S/C42H66O14/c1-20-26-10-11-30(43)41(26,6)31-19-29-40(5)14-13-25(16-24(40)12-15-42(29,55-20)56-31)52-32-17-27(46-7)36(22(3)49-32)53-33-18-28(47-8)37(23(4)50-33)54-39-35(45)38(48-9)34(44)21(2)51-39/h12,20-23,25-29,31-39,44-45H,10-11,13-19H2,1-9H3/t20-,21+,22+,23+,25-,26-,27-,28+,29+,31+,32-,33-,34+,35+,36+,37+,38-,39-,40-,41+,42-/m0/s1. The first kappa shape index (κ1) is 41.6. The minimum atomic E-state index is -1.20. The van der Waals surface area contributed by atoms with E-state index in [2.05, 4.69) is 26.8 Å². The second-order valence-corrected chi connectivity index (χ2v) is 18.4. The Labute approximate surface area is 331 Å². The quantitative estimate of drug-likeness (QED) is 0.323. The smallest absolute Gasteiger partial charge is 0.187 e. The molecule has 14 nitrogen and oxygen atoms in total. The molecule has 56 heavy (non-hydrogen) atoms. The molecule has 3 aliphatic carbocycles. The Kier molecular flexibility index (Phi) is 11.7. The summed E-state index contributed by atoms with van der Waals surface area (Å²) >= 11 is 0. The fourth-order valence-electron chi connectivity index (χ4n) is 12.1. The fraction of sp³-hybridized carbons (Fsp3) is 0.929. The molecule has 5 heterocycles. The number of ketones is 1. The summed E-state index contributed by atoms with van der Waals surface area (Å²) in [7, 11) is 4.73. The summed E-state index contributed by atoms with van der Waals surface area (Å²) in [6.45, 7) is 12.2. The third kappa shape index (κ3) is 6.88. The summed E-state index contributed by atoms with van der Waals surface area (Å²) in [6, 6.07) is 0. The topological polar surface area (TPSA) is 159 Å². The second-order valence-electron chi connectivity index (χ2n) is 18.4. The first-order chi connectivity index (χ1) is 26.6. The van der Waals surface area contributed by atoms with Crippen LogP contribution in [0.4, 0.5) is 0 Å². The van der Waals surface area contributed by atoms with Crippen LogP contribution >= 0.6 is 0 Å². The summed E-state index contributed by atoms with van der Waals surface area (Å²) < 4.78 is 69.2. The fourth-order valence-corrected chi connectivity index (χ4v) is 12.1. The molecule has 0 unspecified atom stereocenters. The number of hydrogen-bond donors (Lipinski definition) is 2. The highest BCUT2D eigenvalue weighted by Gasteiger charge is 2.69. The van der Waals surface area contributed by atoms with Crippen molar-refractivity contribution in [3.63, 3.8) is 0 Å². The molecule has 8 rings (SSSR count). The van der Waals surface area contributed by atoms with Crippen LogP contribution in [0.25, 0.3) is 0 Å². The van der Waals surface area contributed by atoms with Crippen molar-refractivity contribution in [3.05, 3.63) is 11.6 Å². The average Bonchev–Trinajstić information content (AvgIpc) is 3.68. The lowest BCUT2D eigenvalue weighted by Gasteiger charge is -2.53. The molecule has 0 aromatic rings. The molecule has 2 saturated carbocycles. The van der Waals surface area contributed by atoms with E-state index < -0.39 is 78.9 Å². The van der Waals surface area contributed by atoms with E-state index in [-0.39, 0.29) is 47.8 Å². The lowest BCUT2D eigenvalue weighted by Crippen LogP contribution is -2.61. The van der Waals surface area contributed by atoms with Crippen molar-refractivity contribution >= 4 is 5.78 Å². The third-order valence-electron chi connectivity index (χ3n) is 15.4. The lowest BCUT2D eigenvalue weighted by atomic mass is 9.56. The van der Waals surface area contributed by atoms with E-state index >= 15 is 0 Å². The first-order valence-corrected chi connectivity index (χ1v) is 21.1. The molecular weight excluding hydrogens is 728 g/mol. The Morgan fingerprint density at radius 3 is 2.05 bits per heavy atom. The zero-order valence-corrected chi connectivity index (χ0v) is 34.6. The van der Waals surface area contributed by atoms with Gasteiger partial charge in [0.1, 0.15) is 36.3 Å². The Morgan fingerprint density at radius 1 is 0.732 bits per heavy atom. The van der Waals surface area contributed by atoms with Gasteiger partial charge >= 0.3 is 0 Å². The van der Waals surface area contributed by atoms with Gasteiger partial charge in [-0.3, -0.25) is 4.79 Å². The van der Waals surface area contributed by atoms with Crippen LogP contribution in [0, 0.1) is 22.7 Å². The maximum atomic E-state index is 13.3. The van der Waals surface area contributed by atoms with Crippen molar-refractivity contribution in [2.75, 3.05) is 21.3 Å². The highest BCUT2D eigenvalue weighted by Crippen LogP contribution is 2.66. The summed E-state index contributed by atoms with van der Waals surface area (Å²) in [5.41, 5.74) is 0.824. The van der Waals surface area contributed by atoms with E-state index in [1.54, 1.807) is 21.1 Å². The normalized spacial score (nSPS) is 54.5. The highest BCUT2D eigenvalue weighted by molar-refractivity contribution is 5.88. The molecule has 318 valence electrons. The van der Waals surface area contributed by atoms with Crippen LogP contribution in [0.2, 0.25) is 0 Å². The molecule has 2 bridgehead atoms. The van der Waals surface area contributed by atoms with Gasteiger partial charge in [0.05, 0.1) is 54.2 Å². The molecule has 5 saturated heterocycles. The number of aliphatic hydroxyl groups is 2. The van der Waals surface area contributed by atoms with Crippen LogP contribution in [0.5, 0.6) is 0 Å². The number of carbonyl (C=O) groups excluding carboxylic acids is 1. The molecule has 0 aromatic carbocycles. The summed E-state index contributed by atoms with van der Waals surface area (Å²) in [4.78, 5) is 13.3. The van der Waals surface area contributed by atoms with Crippen LogP contribution in [0.1, 0.15) is 99.3 Å². The van der Waals surface area contributed by atoms with E-state index in [0.29, 0.717) is 31.5 Å². The molecule has 0 radical (unpaired) electrons. The minimum absolute atomic E-state index is 0.00261. The number of rotatable bonds is 9. The van der Waals surface area contributed by atoms with Crippen LogP contribution in [-0.2, 0) is 56.9 Å². The van der Waals surface area contributed by atoms with Gasteiger partial charge in [-0.25, -0.2) is 0 Å². The van der Waals surface area contributed by atoms with Gasteiger partial charge in [-0.1, -0.05) is 18.6 Å². The maximum Gasteiger partial charge on any atom is 0.187 e. The molecule has 2 N–H and O–H groups in total. The highest BCUT2D eigenvalue weighted by atomic mass is 16.8. The van der Waals surface area contributed by atoms with Crippen LogP contribution in [-0.4, -0.2) is 141 Å². The maximum absolute atomic E-state index is 13.3. The molecular formula is C42H66O14. The van der Waals surface area contributed by atoms with Crippen molar-refractivity contribution in [2.45, 2.75) is 203 Å². The van der Waals surface area contributed by atoms with Crippen molar-refractivity contribution in [1.82, 2.24) is 0 Å². The monoisotopic (exact) mass is 794 g/mol. The van der Waals surface area contributed by atoms with Gasteiger partial charge in [-0.05, 0) is 72.1 Å². The number of aliphatic hydroxyl groups excluding tert-OH is 2. The first-order valence-electron chi connectivity index (χ1n) is 21.1. The largest absolute Gasteiger partial charge is 0.388 e. The Morgan fingerprint density at radius 2 is 1.39 bits per heavy atom. The van der Waals surface area contributed by atoms with Crippen molar-refractivity contribution in [2.24, 2.45) is 22.7 Å². The van der Waals surface area contributed by atoms with Crippen molar-refractivity contribution in [1.29, 1.82) is 0 Å². The Hall–Kier alpha value is -1.11. The van der Waals surface area contributed by atoms with E-state index in [0.717, 1.165) is 32.1 Å². The summed E-state index contributed by atoms with van der Waals surface area (Å²) in [5.74, 6) is 0.0561. The lowest BCUT2D eigenvalue weighted by molar-refractivity contribution is -0.352. The number of fused-ring (bicyclic) bond motifs is 5. The predicted molar refractivity (Wildman–Crippen MR) is 198 cm³/mol. The molecule has 14 heteroatoms. The molecule has 0 amide bonds. The predicted octanol–water partition coefficient (Wildman–Crippen LogP) is 3.95. The van der Waals surface area contributed by atoms with E-state index in [1.165, 1.54) is 12.7 Å². The average molecular weight is 795 g/mol. The van der Waals surface area contributed by atoms with Crippen LogP contribution < -0.4 is 0 Å². The summed E-state index contributed by atoms with van der Waals surface area (Å²) in [6.07, 6.45) is 0.457. The number of carbonyl (C=O) groups is 1. The Bertz CT molecular complexity index is 1460. The van der Waals surface area contributed by atoms with Gasteiger partial charge in [-0.15, -0.1) is 0 Å². The van der Waals surface area contributed by atoms with Crippen molar-refractivity contribution in [3.8, 4) is 0 Å². The molecule has 8 aliphatic rings. The molecule has 5 aliphatic heterocycles. The minimum Gasteiger partial charge on any atom is -0.388 e. The number of ether oxygens (including phenoxy) is 11. The Balaban J connectivity index is 0.870. The molecule has 21 atom stereocenters. The molecule has 1 spiro atoms. The van der Waals surface area contributed by atoms with E-state index in [4.69, 9.17) is 52.1 Å². The van der Waals surface area contributed by atoms with Gasteiger partial charge in [0, 0.05) is 58.8 Å². The van der Waals surface area contributed by atoms with Crippen LogP contribution in [0.15, 0.2) is 11.6 Å². The van der Waals surface area contributed by atoms with Gasteiger partial charge in [0.15, 0.2) is 24.7 Å².